The van der Waals surface area contributed by atoms with Gasteiger partial charge in [-0.2, -0.15) is 0 Å². The van der Waals surface area contributed by atoms with Crippen LogP contribution in [0, 0.1) is 0 Å². The van der Waals surface area contributed by atoms with Crippen LogP contribution in [0.4, 0.5) is 4.79 Å². The molecule has 5 amide bonds. The van der Waals surface area contributed by atoms with Crippen molar-refractivity contribution in [2.45, 2.75) is 30.2 Å². The number of sulfonamides is 1. The number of hydrogen-bond acceptors (Lipinski definition) is 10. The molecule has 43 heavy (non-hydrogen) atoms. The summed E-state index contributed by atoms with van der Waals surface area (Å²) in [6.45, 7) is 1.85. The van der Waals surface area contributed by atoms with Crippen LogP contribution in [0.1, 0.15) is 34.5 Å². The van der Waals surface area contributed by atoms with E-state index in [0.29, 0.717) is 10.5 Å². The van der Waals surface area contributed by atoms with Gasteiger partial charge in [0, 0.05) is 19.6 Å². The van der Waals surface area contributed by atoms with Crippen molar-refractivity contribution >= 4 is 46.9 Å². The van der Waals surface area contributed by atoms with Crippen molar-refractivity contribution in [1.29, 1.82) is 0 Å². The molecule has 228 valence electrons. The van der Waals surface area contributed by atoms with Gasteiger partial charge in [0.15, 0.2) is 0 Å². The fourth-order valence-corrected chi connectivity index (χ4v) is 5.43. The molecule has 0 radical (unpaired) electrons. The van der Waals surface area contributed by atoms with Gasteiger partial charge in [0.1, 0.15) is 22.4 Å². The summed E-state index contributed by atoms with van der Waals surface area (Å²) in [5.41, 5.74) is 0.199. The topological polar surface area (TPSA) is 235 Å². The number of benzene rings is 2. The number of likely N-dealkylation sites (N-methyl/N-ethyl adjacent to an activating group) is 1. The minimum Gasteiger partial charge on any atom is -0.534 e. The number of urea groups is 1. The molecule has 0 unspecified atom stereocenters. The van der Waals surface area contributed by atoms with Gasteiger partial charge >= 0.3 is 30.9 Å². The predicted molar refractivity (Wildman–Crippen MR) is 147 cm³/mol. The second kappa shape index (κ2) is 12.3. The van der Waals surface area contributed by atoms with Crippen molar-refractivity contribution < 1.29 is 51.9 Å². The summed E-state index contributed by atoms with van der Waals surface area (Å²) in [4.78, 5) is 64.9. The van der Waals surface area contributed by atoms with Gasteiger partial charge in [0.2, 0.25) is 15.9 Å². The largest absolute Gasteiger partial charge is 0.547 e. The zero-order valence-corrected chi connectivity index (χ0v) is 23.8. The number of primary sulfonamides is 1. The van der Waals surface area contributed by atoms with E-state index in [2.05, 4.69) is 10.6 Å². The second-order valence-corrected chi connectivity index (χ2v) is 11.1. The minimum atomic E-state index is -4.24. The maximum Gasteiger partial charge on any atom is 0.547 e. The van der Waals surface area contributed by atoms with Gasteiger partial charge in [0.05, 0.1) is 18.6 Å². The Morgan fingerprint density at radius 1 is 1.19 bits per heavy atom. The number of amides is 5. The minimum absolute atomic E-state index is 0.000788. The summed E-state index contributed by atoms with van der Waals surface area (Å²) < 4.78 is 34.5. The Hall–Kier alpha value is -4.68. The predicted octanol–water partition coefficient (Wildman–Crippen LogP) is -1.38. The number of piperazine rings is 1. The molecule has 2 atom stereocenters. The molecule has 0 bridgehead atoms. The number of hydrogen-bond donors (Lipinski definition) is 5. The van der Waals surface area contributed by atoms with Gasteiger partial charge < -0.3 is 35.1 Å². The van der Waals surface area contributed by atoms with E-state index in [1.807, 2.05) is 0 Å². The summed E-state index contributed by atoms with van der Waals surface area (Å²) in [5, 5.41) is 30.2. The highest BCUT2D eigenvalue weighted by molar-refractivity contribution is 7.89. The highest BCUT2D eigenvalue weighted by Crippen LogP contribution is 2.31. The second-order valence-electron chi connectivity index (χ2n) is 9.61. The van der Waals surface area contributed by atoms with Crippen LogP contribution in [0.2, 0.25) is 0 Å². The lowest BCUT2D eigenvalue weighted by Crippen LogP contribution is -2.60. The Balaban J connectivity index is 1.65. The summed E-state index contributed by atoms with van der Waals surface area (Å²) >= 11 is 0. The van der Waals surface area contributed by atoms with Crippen LogP contribution in [0.15, 0.2) is 41.3 Å². The van der Waals surface area contributed by atoms with Crippen LogP contribution in [-0.2, 0) is 30.8 Å². The van der Waals surface area contributed by atoms with Crippen molar-refractivity contribution in [2.75, 3.05) is 26.7 Å². The van der Waals surface area contributed by atoms with E-state index < -0.39 is 63.7 Å². The Kier molecular flexibility index (Phi) is 8.93. The van der Waals surface area contributed by atoms with Gasteiger partial charge in [-0.25, -0.2) is 23.1 Å². The third-order valence-electron chi connectivity index (χ3n) is 6.97. The van der Waals surface area contributed by atoms with Crippen LogP contribution in [0.5, 0.6) is 11.5 Å². The lowest BCUT2D eigenvalue weighted by Gasteiger charge is -2.33. The van der Waals surface area contributed by atoms with E-state index in [0.717, 1.165) is 19.2 Å². The fourth-order valence-electron chi connectivity index (χ4n) is 4.75. The quantitative estimate of drug-likeness (QED) is 0.171. The average molecular weight is 617 g/mol. The molecule has 2 aliphatic rings. The van der Waals surface area contributed by atoms with E-state index in [1.165, 1.54) is 23.1 Å². The standard InChI is InChI=1S/C25H28BN5O11S/c1-3-30-9-10-31(23(34)22(30)33)25(37)29-19(13-7-8-17(43(27,39)40)16(11-13)41-2)21(32)28-18-12-14-5-4-6-15(24(35)36)20(14)42-26(18)38/h4-8,11,18-19,38H,3,9-10,12H2,1-2H3,(H,28,32)(H,29,37)(H,35,36)(H2,27,39,40)/t18-,19-/m0/s1. The number of para-hydroxylation sites is 1. The van der Waals surface area contributed by atoms with Crippen molar-refractivity contribution in [2.24, 2.45) is 5.14 Å². The molecule has 0 aromatic heterocycles. The first-order valence-electron chi connectivity index (χ1n) is 12.9. The number of carboxylic acid groups (broad SMARTS) is 1. The molecule has 0 aliphatic carbocycles. The molecule has 0 saturated carbocycles. The first kappa shape index (κ1) is 31.3. The van der Waals surface area contributed by atoms with Gasteiger partial charge in [0.25, 0.3) is 0 Å². The molecule has 1 saturated heterocycles. The molecule has 18 heteroatoms. The first-order chi connectivity index (χ1) is 20.3. The lowest BCUT2D eigenvalue weighted by molar-refractivity contribution is -0.153. The molecule has 6 N–H and O–H groups in total. The molecule has 1 fully saturated rings. The maximum atomic E-state index is 13.6. The third-order valence-corrected chi connectivity index (χ3v) is 7.92. The van der Waals surface area contributed by atoms with Crippen LogP contribution >= 0.6 is 0 Å². The monoisotopic (exact) mass is 617 g/mol. The normalized spacial score (nSPS) is 17.5. The number of imide groups is 1. The molecule has 2 aromatic carbocycles. The number of carbonyl (C=O) groups excluding carboxylic acids is 4. The smallest absolute Gasteiger partial charge is 0.534 e. The Labute approximate surface area is 245 Å². The molecule has 4 rings (SSSR count). The van der Waals surface area contributed by atoms with Crippen molar-refractivity contribution in [1.82, 2.24) is 20.4 Å². The van der Waals surface area contributed by atoms with Gasteiger partial charge in [-0.3, -0.25) is 19.3 Å². The molecule has 0 spiro atoms. The summed E-state index contributed by atoms with van der Waals surface area (Å²) in [7, 11) is -4.76. The molecular formula is C25H28BN5O11S. The van der Waals surface area contributed by atoms with E-state index in [-0.39, 0.29) is 48.7 Å². The molecule has 2 aromatic rings. The maximum absolute atomic E-state index is 13.6. The number of rotatable bonds is 8. The number of fused-ring (bicyclic) bond motifs is 1. The van der Waals surface area contributed by atoms with Gasteiger partial charge in [-0.15, -0.1) is 0 Å². The number of nitrogens with zero attached hydrogens (tertiary/aromatic N) is 2. The highest BCUT2D eigenvalue weighted by atomic mass is 32.2. The van der Waals surface area contributed by atoms with Crippen molar-refractivity contribution in [3.05, 3.63) is 53.1 Å². The number of nitrogens with one attached hydrogen (secondary N) is 2. The van der Waals surface area contributed by atoms with Crippen molar-refractivity contribution in [3.63, 3.8) is 0 Å². The van der Waals surface area contributed by atoms with Crippen LogP contribution < -0.4 is 25.2 Å². The SMILES string of the molecule is CCN1CCN(C(=O)N[C@H](C(=O)N[C@H]2Cc3cccc(C(=O)O)c3OB2O)c2ccc(S(N)(=O)=O)c(OC)c2)C(=O)C1=O. The van der Waals surface area contributed by atoms with Gasteiger partial charge in [-0.05, 0) is 42.7 Å². The summed E-state index contributed by atoms with van der Waals surface area (Å²) in [6, 6.07) is 5.03. The lowest BCUT2D eigenvalue weighted by atomic mass is 9.72. The Morgan fingerprint density at radius 2 is 1.91 bits per heavy atom. The molecule has 16 nitrogen and oxygen atoms in total. The third kappa shape index (κ3) is 6.40. The molecule has 2 aliphatic heterocycles. The number of carboxylic acids is 1. The zero-order chi connectivity index (χ0) is 31.6. The van der Waals surface area contributed by atoms with Crippen LogP contribution in [-0.4, -0.2) is 97.9 Å². The van der Waals surface area contributed by atoms with Crippen molar-refractivity contribution in [3.8, 4) is 11.5 Å². The van der Waals surface area contributed by atoms with Crippen LogP contribution in [0.3, 0.4) is 0 Å². The molecule has 2 heterocycles. The Bertz CT molecular complexity index is 1600. The number of nitrogens with two attached hydrogens (primary N) is 1. The Morgan fingerprint density at radius 3 is 2.53 bits per heavy atom. The van der Waals surface area contributed by atoms with E-state index in [1.54, 1.807) is 13.0 Å². The van der Waals surface area contributed by atoms with E-state index in [9.17, 15) is 42.5 Å². The summed E-state index contributed by atoms with van der Waals surface area (Å²) in [5.74, 6) is -5.62. The zero-order valence-electron chi connectivity index (χ0n) is 23.0. The average Bonchev–Trinajstić information content (AvgIpc) is 2.96. The number of methoxy groups -OCH3 is 1. The van der Waals surface area contributed by atoms with Gasteiger partial charge in [-0.1, -0.05) is 18.2 Å². The summed E-state index contributed by atoms with van der Waals surface area (Å²) in [6.07, 6.45) is -0.0519. The van der Waals surface area contributed by atoms with E-state index in [4.69, 9.17) is 14.5 Å². The number of ether oxygens (including phenoxy) is 1. The number of carbonyl (C=O) groups is 5. The molecular weight excluding hydrogens is 589 g/mol. The highest BCUT2D eigenvalue weighted by Gasteiger charge is 2.41. The van der Waals surface area contributed by atoms with E-state index >= 15 is 0 Å². The first-order valence-corrected chi connectivity index (χ1v) is 14.4. The van der Waals surface area contributed by atoms with Crippen LogP contribution in [0.25, 0.3) is 0 Å². The number of aromatic carboxylic acids is 1. The fraction of sp³-hybridized carbons (Fsp3) is 0.320.